The molecule has 0 bridgehead atoms. The summed E-state index contributed by atoms with van der Waals surface area (Å²) in [6.07, 6.45) is 3.51. The van der Waals surface area contributed by atoms with Crippen LogP contribution in [0.3, 0.4) is 0 Å². The first-order valence-electron chi connectivity index (χ1n) is 8.58. The number of nitrogens with zero attached hydrogens (tertiary/aromatic N) is 2. The van der Waals surface area contributed by atoms with Crippen LogP contribution in [-0.2, 0) is 24.9 Å². The second-order valence-electron chi connectivity index (χ2n) is 6.37. The van der Waals surface area contributed by atoms with Crippen molar-refractivity contribution in [3.05, 3.63) is 35.0 Å². The van der Waals surface area contributed by atoms with Gasteiger partial charge in [-0.05, 0) is 36.6 Å². The lowest BCUT2D eigenvalue weighted by molar-refractivity contribution is 0.0983. The molecule has 2 aromatic rings. The van der Waals surface area contributed by atoms with Crippen molar-refractivity contribution in [2.24, 2.45) is 7.05 Å². The maximum absolute atomic E-state index is 12.4. The molecule has 0 radical (unpaired) electrons. The third-order valence-corrected chi connectivity index (χ3v) is 4.63. The number of benzene rings is 1. The van der Waals surface area contributed by atoms with Crippen molar-refractivity contribution in [1.82, 2.24) is 9.47 Å². The number of Topliss-reactive ketones (excluding diaryl/α,β-unsaturated/α-hetero) is 1. The van der Waals surface area contributed by atoms with E-state index in [1.54, 1.807) is 0 Å². The second-order valence-corrected chi connectivity index (χ2v) is 6.37. The van der Waals surface area contributed by atoms with Crippen LogP contribution >= 0.6 is 0 Å². The van der Waals surface area contributed by atoms with E-state index in [1.165, 1.54) is 11.1 Å². The molecule has 1 aliphatic heterocycles. The minimum atomic E-state index is 0.254. The van der Waals surface area contributed by atoms with Gasteiger partial charge in [0.1, 0.15) is 0 Å². The quantitative estimate of drug-likeness (QED) is 0.579. The van der Waals surface area contributed by atoms with E-state index in [-0.39, 0.29) is 5.78 Å². The average Bonchev–Trinajstić information content (AvgIpc) is 3.06. The molecule has 124 valence electrons. The molecule has 4 heteroatoms. The molecule has 0 fully saturated rings. The molecule has 0 saturated carbocycles. The molecule has 2 heterocycles. The van der Waals surface area contributed by atoms with Crippen LogP contribution in [-0.4, -0.2) is 35.0 Å². The van der Waals surface area contributed by atoms with Crippen molar-refractivity contribution in [2.75, 3.05) is 19.8 Å². The van der Waals surface area contributed by atoms with Crippen LogP contribution in [0.5, 0.6) is 0 Å². The molecule has 0 N–H and O–H groups in total. The third kappa shape index (κ3) is 3.19. The molecule has 1 aromatic carbocycles. The molecule has 1 aliphatic rings. The van der Waals surface area contributed by atoms with Gasteiger partial charge in [-0.3, -0.25) is 9.69 Å². The summed E-state index contributed by atoms with van der Waals surface area (Å²) in [5.41, 5.74) is 4.77. The number of hydrogen-bond acceptors (Lipinski definition) is 3. The topological polar surface area (TPSA) is 34.5 Å². The summed E-state index contributed by atoms with van der Waals surface area (Å²) < 4.78 is 7.55. The molecule has 3 rings (SSSR count). The van der Waals surface area contributed by atoms with Crippen LogP contribution in [0.15, 0.2) is 18.3 Å². The van der Waals surface area contributed by atoms with Crippen LogP contribution in [0.25, 0.3) is 10.9 Å². The van der Waals surface area contributed by atoms with E-state index >= 15 is 0 Å². The number of fused-ring (bicyclic) bond motifs is 2. The Bertz CT molecular complexity index is 718. The van der Waals surface area contributed by atoms with E-state index < -0.39 is 0 Å². The van der Waals surface area contributed by atoms with Gasteiger partial charge in [-0.1, -0.05) is 6.92 Å². The fourth-order valence-electron chi connectivity index (χ4n) is 3.43. The standard InChI is InChI=1S/C19H26N2O2/c1-4-6-19(22)17-13-20(3)18-10-15-12-21(7-8-23-5-2)11-14(15)9-16(17)18/h9-10,13H,4-8,11-12H2,1-3H3. The maximum atomic E-state index is 12.4. The van der Waals surface area contributed by atoms with Gasteiger partial charge in [0.25, 0.3) is 0 Å². The molecular weight excluding hydrogens is 288 g/mol. The molecule has 4 nitrogen and oxygen atoms in total. The Balaban J connectivity index is 1.87. The van der Waals surface area contributed by atoms with Crippen molar-refractivity contribution >= 4 is 16.7 Å². The summed E-state index contributed by atoms with van der Waals surface area (Å²) in [6, 6.07) is 4.49. The summed E-state index contributed by atoms with van der Waals surface area (Å²) in [4.78, 5) is 14.8. The molecule has 0 amide bonds. The summed E-state index contributed by atoms with van der Waals surface area (Å²) in [7, 11) is 2.03. The monoisotopic (exact) mass is 314 g/mol. The second kappa shape index (κ2) is 6.85. The maximum Gasteiger partial charge on any atom is 0.165 e. The zero-order valence-electron chi connectivity index (χ0n) is 14.4. The zero-order chi connectivity index (χ0) is 16.4. The van der Waals surface area contributed by atoms with E-state index in [0.717, 1.165) is 55.7 Å². The Hall–Kier alpha value is -1.65. The van der Waals surface area contributed by atoms with Gasteiger partial charge in [0.15, 0.2) is 5.78 Å². The van der Waals surface area contributed by atoms with E-state index in [2.05, 4.69) is 28.5 Å². The number of ketones is 1. The van der Waals surface area contributed by atoms with Gasteiger partial charge >= 0.3 is 0 Å². The largest absolute Gasteiger partial charge is 0.380 e. The van der Waals surface area contributed by atoms with Crippen LogP contribution in [0.1, 0.15) is 48.2 Å². The number of carbonyl (C=O) groups excluding carboxylic acids is 1. The average molecular weight is 314 g/mol. The minimum absolute atomic E-state index is 0.254. The smallest absolute Gasteiger partial charge is 0.165 e. The van der Waals surface area contributed by atoms with Crippen LogP contribution in [0.4, 0.5) is 0 Å². The highest BCUT2D eigenvalue weighted by Crippen LogP contribution is 2.31. The lowest BCUT2D eigenvalue weighted by Gasteiger charge is -2.13. The number of aromatic nitrogens is 1. The highest BCUT2D eigenvalue weighted by Gasteiger charge is 2.22. The van der Waals surface area contributed by atoms with Gasteiger partial charge in [-0.2, -0.15) is 0 Å². The highest BCUT2D eigenvalue weighted by molar-refractivity contribution is 6.08. The van der Waals surface area contributed by atoms with Crippen molar-refractivity contribution in [3.8, 4) is 0 Å². The molecule has 0 aliphatic carbocycles. The minimum Gasteiger partial charge on any atom is -0.380 e. The van der Waals surface area contributed by atoms with Crippen molar-refractivity contribution in [2.45, 2.75) is 39.8 Å². The van der Waals surface area contributed by atoms with Gasteiger partial charge < -0.3 is 9.30 Å². The first-order valence-corrected chi connectivity index (χ1v) is 8.58. The number of ether oxygens (including phenoxy) is 1. The fraction of sp³-hybridized carbons (Fsp3) is 0.526. The molecule has 23 heavy (non-hydrogen) atoms. The molecule has 0 unspecified atom stereocenters. The SMILES string of the molecule is CCCC(=O)c1cn(C)c2cc3c(cc12)CN(CCOCC)C3. The lowest BCUT2D eigenvalue weighted by Crippen LogP contribution is -2.21. The Kier molecular flexibility index (Phi) is 4.83. The summed E-state index contributed by atoms with van der Waals surface area (Å²) >= 11 is 0. The van der Waals surface area contributed by atoms with Crippen LogP contribution < -0.4 is 0 Å². The van der Waals surface area contributed by atoms with Gasteiger partial charge in [0, 0.05) is 62.4 Å². The van der Waals surface area contributed by atoms with Gasteiger partial charge in [0.2, 0.25) is 0 Å². The molecule has 0 spiro atoms. The van der Waals surface area contributed by atoms with Crippen molar-refractivity contribution < 1.29 is 9.53 Å². The van der Waals surface area contributed by atoms with Crippen LogP contribution in [0.2, 0.25) is 0 Å². The molecule has 1 aromatic heterocycles. The van der Waals surface area contributed by atoms with E-state index in [0.29, 0.717) is 6.42 Å². The number of carbonyl (C=O) groups is 1. The predicted molar refractivity (Wildman–Crippen MR) is 92.8 cm³/mol. The third-order valence-electron chi connectivity index (χ3n) is 4.63. The molecule has 0 atom stereocenters. The van der Waals surface area contributed by atoms with Crippen LogP contribution in [0, 0.1) is 0 Å². The number of aryl methyl sites for hydroxylation is 1. The normalized spacial score (nSPS) is 14.6. The van der Waals surface area contributed by atoms with Gasteiger partial charge in [-0.25, -0.2) is 0 Å². The van der Waals surface area contributed by atoms with E-state index in [4.69, 9.17) is 4.74 Å². The summed E-state index contributed by atoms with van der Waals surface area (Å²) in [6.45, 7) is 8.52. The Morgan fingerprint density at radius 2 is 1.96 bits per heavy atom. The molecule has 0 saturated heterocycles. The number of hydrogen-bond donors (Lipinski definition) is 0. The highest BCUT2D eigenvalue weighted by atomic mass is 16.5. The van der Waals surface area contributed by atoms with Gasteiger partial charge in [0.05, 0.1) is 6.61 Å². The first kappa shape index (κ1) is 16.2. The van der Waals surface area contributed by atoms with E-state index in [1.807, 2.05) is 20.2 Å². The summed E-state index contributed by atoms with van der Waals surface area (Å²) in [5, 5.41) is 1.11. The van der Waals surface area contributed by atoms with Crippen molar-refractivity contribution in [3.63, 3.8) is 0 Å². The van der Waals surface area contributed by atoms with Crippen molar-refractivity contribution in [1.29, 1.82) is 0 Å². The Morgan fingerprint density at radius 1 is 1.22 bits per heavy atom. The number of rotatable bonds is 7. The summed E-state index contributed by atoms with van der Waals surface area (Å²) in [5.74, 6) is 0.254. The lowest BCUT2D eigenvalue weighted by atomic mass is 10.0. The zero-order valence-corrected chi connectivity index (χ0v) is 14.4. The molecular formula is C19H26N2O2. The van der Waals surface area contributed by atoms with Gasteiger partial charge in [-0.15, -0.1) is 0 Å². The predicted octanol–water partition coefficient (Wildman–Crippen LogP) is 3.51. The fourth-order valence-corrected chi connectivity index (χ4v) is 3.43. The Labute approximate surface area is 138 Å². The Morgan fingerprint density at radius 3 is 2.65 bits per heavy atom. The van der Waals surface area contributed by atoms with E-state index in [9.17, 15) is 4.79 Å². The first-order chi connectivity index (χ1) is 11.1.